The van der Waals surface area contributed by atoms with Gasteiger partial charge >= 0.3 is 0 Å². The van der Waals surface area contributed by atoms with Crippen LogP contribution in [-0.4, -0.2) is 36.1 Å². The molecule has 154 valence electrons. The van der Waals surface area contributed by atoms with Crippen LogP contribution < -0.4 is 14.4 Å². The van der Waals surface area contributed by atoms with Crippen molar-refractivity contribution in [3.05, 3.63) is 53.6 Å². The molecule has 0 spiro atoms. The Hall–Kier alpha value is -3.02. The second-order valence-corrected chi connectivity index (χ2v) is 8.67. The molecule has 2 unspecified atom stereocenters. The quantitative estimate of drug-likeness (QED) is 0.783. The van der Waals surface area contributed by atoms with Gasteiger partial charge in [0.05, 0.1) is 12.0 Å². The number of hydrogen-bond acceptors (Lipinski definition) is 4. The number of benzene rings is 2. The monoisotopic (exact) mass is 404 g/mol. The first-order valence-corrected chi connectivity index (χ1v) is 10.8. The van der Waals surface area contributed by atoms with E-state index in [1.54, 1.807) is 4.90 Å². The second kappa shape index (κ2) is 6.76. The summed E-state index contributed by atoms with van der Waals surface area (Å²) in [4.78, 5) is 30.3. The molecule has 6 nitrogen and oxygen atoms in total. The van der Waals surface area contributed by atoms with Crippen LogP contribution in [0.15, 0.2) is 42.5 Å². The van der Waals surface area contributed by atoms with Crippen LogP contribution in [0.4, 0.5) is 5.69 Å². The number of amides is 2. The van der Waals surface area contributed by atoms with Crippen LogP contribution in [0, 0.1) is 5.92 Å². The van der Waals surface area contributed by atoms with E-state index in [-0.39, 0.29) is 37.0 Å². The molecular weight excluding hydrogens is 380 g/mol. The first kappa shape index (κ1) is 17.8. The molecular formula is C24H24N2O4. The highest BCUT2D eigenvalue weighted by atomic mass is 16.7. The summed E-state index contributed by atoms with van der Waals surface area (Å²) in [5, 5.41) is 0. The van der Waals surface area contributed by atoms with Crippen molar-refractivity contribution in [2.24, 2.45) is 5.92 Å². The topological polar surface area (TPSA) is 59.1 Å². The van der Waals surface area contributed by atoms with Crippen molar-refractivity contribution in [3.8, 4) is 11.5 Å². The zero-order valence-electron chi connectivity index (χ0n) is 16.8. The SMILES string of the molecule is O=C1CC(C(=O)N(C2CC2)C2CCc3ccccc32)CN1c1ccc2c(c1)OCO2. The molecule has 2 aromatic carbocycles. The lowest BCUT2D eigenvalue weighted by molar-refractivity contribution is -0.139. The molecule has 2 amide bonds. The van der Waals surface area contributed by atoms with Crippen LogP contribution in [-0.2, 0) is 16.0 Å². The number of anilines is 1. The fourth-order valence-electron chi connectivity index (χ4n) is 5.15. The Labute approximate surface area is 175 Å². The number of rotatable bonds is 4. The molecule has 1 saturated heterocycles. The van der Waals surface area contributed by atoms with E-state index >= 15 is 0 Å². The van der Waals surface area contributed by atoms with Gasteiger partial charge in [0, 0.05) is 30.8 Å². The second-order valence-electron chi connectivity index (χ2n) is 8.67. The van der Waals surface area contributed by atoms with Gasteiger partial charge in [-0.1, -0.05) is 24.3 Å². The standard InChI is InChI=1S/C24H24N2O4/c27-23-11-16(13-25(23)18-8-10-21-22(12-18)30-14-29-21)24(28)26(17-6-7-17)20-9-5-15-3-1-2-4-19(15)20/h1-4,8,10,12,16-17,20H,5-7,9,11,13-14H2. The number of nitrogens with zero attached hydrogens (tertiary/aromatic N) is 2. The minimum Gasteiger partial charge on any atom is -0.454 e. The third-order valence-electron chi connectivity index (χ3n) is 6.77. The van der Waals surface area contributed by atoms with Crippen molar-refractivity contribution < 1.29 is 19.1 Å². The molecule has 2 aliphatic heterocycles. The molecule has 2 fully saturated rings. The molecule has 1 saturated carbocycles. The van der Waals surface area contributed by atoms with Gasteiger partial charge in [-0.15, -0.1) is 0 Å². The van der Waals surface area contributed by atoms with E-state index in [1.807, 2.05) is 18.2 Å². The average Bonchev–Trinajstić information content (AvgIpc) is 3.16. The Balaban J connectivity index is 1.24. The predicted molar refractivity (Wildman–Crippen MR) is 110 cm³/mol. The molecule has 2 aliphatic carbocycles. The third kappa shape index (κ3) is 2.85. The molecule has 6 heteroatoms. The number of carbonyl (C=O) groups excluding carboxylic acids is 2. The van der Waals surface area contributed by atoms with Crippen LogP contribution >= 0.6 is 0 Å². The maximum atomic E-state index is 13.6. The maximum Gasteiger partial charge on any atom is 0.231 e. The average molecular weight is 404 g/mol. The highest BCUT2D eigenvalue weighted by molar-refractivity contribution is 6.00. The summed E-state index contributed by atoms with van der Waals surface area (Å²) in [5.74, 6) is 1.18. The summed E-state index contributed by atoms with van der Waals surface area (Å²) >= 11 is 0. The van der Waals surface area contributed by atoms with Crippen LogP contribution in [0.1, 0.15) is 42.9 Å². The number of ether oxygens (including phenoxy) is 2. The van der Waals surface area contributed by atoms with E-state index in [9.17, 15) is 9.59 Å². The van der Waals surface area contributed by atoms with E-state index in [0.717, 1.165) is 31.4 Å². The molecule has 0 N–H and O–H groups in total. The number of hydrogen-bond donors (Lipinski definition) is 0. The van der Waals surface area contributed by atoms with Crippen molar-refractivity contribution in [3.63, 3.8) is 0 Å². The lowest BCUT2D eigenvalue weighted by Crippen LogP contribution is -2.41. The Kier molecular flexibility index (Phi) is 4.01. The molecule has 2 atom stereocenters. The maximum absolute atomic E-state index is 13.6. The summed E-state index contributed by atoms with van der Waals surface area (Å²) < 4.78 is 10.8. The zero-order valence-corrected chi connectivity index (χ0v) is 16.8. The van der Waals surface area contributed by atoms with Crippen molar-refractivity contribution >= 4 is 17.5 Å². The van der Waals surface area contributed by atoms with E-state index < -0.39 is 0 Å². The minimum absolute atomic E-state index is 0.00483. The summed E-state index contributed by atoms with van der Waals surface area (Å²) in [6, 6.07) is 14.5. The number of carbonyl (C=O) groups is 2. The molecule has 30 heavy (non-hydrogen) atoms. The first-order chi connectivity index (χ1) is 14.7. The molecule has 0 bridgehead atoms. The van der Waals surface area contributed by atoms with E-state index in [2.05, 4.69) is 29.2 Å². The van der Waals surface area contributed by atoms with Crippen LogP contribution in [0.3, 0.4) is 0 Å². The number of aryl methyl sites for hydroxylation is 1. The van der Waals surface area contributed by atoms with Gasteiger partial charge in [0.1, 0.15) is 0 Å². The third-order valence-corrected chi connectivity index (χ3v) is 6.77. The van der Waals surface area contributed by atoms with E-state index in [0.29, 0.717) is 24.1 Å². The molecule has 2 heterocycles. The van der Waals surface area contributed by atoms with E-state index in [1.165, 1.54) is 11.1 Å². The van der Waals surface area contributed by atoms with Gasteiger partial charge in [-0.05, 0) is 48.9 Å². The van der Waals surface area contributed by atoms with Gasteiger partial charge in [-0.3, -0.25) is 9.59 Å². The highest BCUT2D eigenvalue weighted by Gasteiger charge is 2.45. The lowest BCUT2D eigenvalue weighted by atomic mass is 10.0. The van der Waals surface area contributed by atoms with Gasteiger partial charge < -0.3 is 19.3 Å². The summed E-state index contributed by atoms with van der Waals surface area (Å²) in [5.41, 5.74) is 3.41. The fourth-order valence-corrected chi connectivity index (χ4v) is 5.15. The first-order valence-electron chi connectivity index (χ1n) is 10.8. The fraction of sp³-hybridized carbons (Fsp3) is 0.417. The zero-order chi connectivity index (χ0) is 20.2. The Morgan fingerprint density at radius 2 is 1.87 bits per heavy atom. The molecule has 0 aromatic heterocycles. The largest absolute Gasteiger partial charge is 0.454 e. The van der Waals surface area contributed by atoms with Gasteiger partial charge in [0.2, 0.25) is 18.6 Å². The summed E-state index contributed by atoms with van der Waals surface area (Å²) in [7, 11) is 0. The van der Waals surface area contributed by atoms with Crippen molar-refractivity contribution in [1.29, 1.82) is 0 Å². The van der Waals surface area contributed by atoms with Crippen LogP contribution in [0.5, 0.6) is 11.5 Å². The van der Waals surface area contributed by atoms with Crippen molar-refractivity contribution in [1.82, 2.24) is 4.90 Å². The minimum atomic E-state index is -0.295. The number of fused-ring (bicyclic) bond motifs is 2. The van der Waals surface area contributed by atoms with Crippen molar-refractivity contribution in [2.75, 3.05) is 18.2 Å². The normalized spacial score (nSPS) is 24.3. The smallest absolute Gasteiger partial charge is 0.231 e. The van der Waals surface area contributed by atoms with Gasteiger partial charge in [0.25, 0.3) is 0 Å². The van der Waals surface area contributed by atoms with Crippen molar-refractivity contribution in [2.45, 2.75) is 44.2 Å². The summed E-state index contributed by atoms with van der Waals surface area (Å²) in [6.07, 6.45) is 4.40. The summed E-state index contributed by atoms with van der Waals surface area (Å²) in [6.45, 7) is 0.627. The Morgan fingerprint density at radius 1 is 1.03 bits per heavy atom. The Bertz CT molecular complexity index is 1030. The van der Waals surface area contributed by atoms with Gasteiger partial charge in [-0.2, -0.15) is 0 Å². The highest BCUT2D eigenvalue weighted by Crippen LogP contribution is 2.44. The molecule has 6 rings (SSSR count). The van der Waals surface area contributed by atoms with Crippen LogP contribution in [0.2, 0.25) is 0 Å². The molecule has 4 aliphatic rings. The van der Waals surface area contributed by atoms with Gasteiger partial charge in [0.15, 0.2) is 11.5 Å². The van der Waals surface area contributed by atoms with Gasteiger partial charge in [-0.25, -0.2) is 0 Å². The molecule has 0 radical (unpaired) electrons. The van der Waals surface area contributed by atoms with E-state index in [4.69, 9.17) is 9.47 Å². The van der Waals surface area contributed by atoms with Crippen LogP contribution in [0.25, 0.3) is 0 Å². The lowest BCUT2D eigenvalue weighted by Gasteiger charge is -2.32. The predicted octanol–water partition coefficient (Wildman–Crippen LogP) is 3.45. The molecule has 2 aromatic rings. The Morgan fingerprint density at radius 3 is 2.73 bits per heavy atom.